The van der Waals surface area contributed by atoms with E-state index in [2.05, 4.69) is 20.4 Å². The maximum atomic E-state index is 12.2. The first-order chi connectivity index (χ1) is 13.7. The lowest BCUT2D eigenvalue weighted by Crippen LogP contribution is -2.27. The number of hydrogen-bond acceptors (Lipinski definition) is 8. The van der Waals surface area contributed by atoms with E-state index in [9.17, 15) is 13.2 Å². The molecular formula is C18H21N5O5S. The molecule has 0 aliphatic rings. The molecule has 3 aromatic heterocycles. The number of sulfone groups is 1. The van der Waals surface area contributed by atoms with Crippen molar-refractivity contribution in [2.75, 3.05) is 20.0 Å². The molecule has 0 aliphatic carbocycles. The van der Waals surface area contributed by atoms with Crippen LogP contribution in [0.1, 0.15) is 25.6 Å². The number of hydrogen-bond donors (Lipinski definition) is 1. The van der Waals surface area contributed by atoms with Crippen molar-refractivity contribution in [1.29, 1.82) is 0 Å². The van der Waals surface area contributed by atoms with Gasteiger partial charge in [-0.3, -0.25) is 4.98 Å². The van der Waals surface area contributed by atoms with Crippen LogP contribution in [0.3, 0.4) is 0 Å². The first-order valence-corrected chi connectivity index (χ1v) is 10.7. The number of carbonyl (C=O) groups is 1. The molecule has 0 spiro atoms. The Hall–Kier alpha value is -3.21. The number of fused-ring (bicyclic) bond motifs is 1. The molecule has 0 aromatic carbocycles. The molecule has 10 nitrogen and oxygen atoms in total. The van der Waals surface area contributed by atoms with Crippen LogP contribution in [0.5, 0.6) is 5.75 Å². The van der Waals surface area contributed by atoms with Crippen molar-refractivity contribution in [3.05, 3.63) is 36.3 Å². The number of amides is 1. The Morgan fingerprint density at radius 1 is 1.34 bits per heavy atom. The molecule has 0 bridgehead atoms. The number of ether oxygens (including phenoxy) is 2. The number of methoxy groups -OCH3 is 1. The quantitative estimate of drug-likeness (QED) is 0.602. The topological polar surface area (TPSA) is 125 Å². The smallest absolute Gasteiger partial charge is 0.407 e. The third-order valence-electron chi connectivity index (χ3n) is 4.12. The molecule has 0 radical (unpaired) electrons. The standard InChI is InChI=1S/C18H21N5O5S/c1-5-28-18(24)21-11(2)14-9-13(16(27-3)10-19-14)15-8-12-6-7-20-23(12)17(22-15)29(4,25)26/h6-11H,5H2,1-4H3,(H,21,24). The van der Waals surface area contributed by atoms with E-state index in [1.54, 1.807) is 32.0 Å². The molecule has 0 saturated carbocycles. The van der Waals surface area contributed by atoms with Gasteiger partial charge in [0, 0.05) is 11.8 Å². The minimum Gasteiger partial charge on any atom is -0.494 e. The van der Waals surface area contributed by atoms with Gasteiger partial charge in [0.15, 0.2) is 0 Å². The van der Waals surface area contributed by atoms with Crippen LogP contribution in [0.25, 0.3) is 16.8 Å². The molecule has 11 heteroatoms. The molecule has 1 amide bonds. The summed E-state index contributed by atoms with van der Waals surface area (Å²) in [6, 6.07) is 4.62. The molecule has 154 valence electrons. The third-order valence-corrected chi connectivity index (χ3v) is 5.05. The summed E-state index contributed by atoms with van der Waals surface area (Å²) in [5.41, 5.74) is 2.00. The van der Waals surface area contributed by atoms with Gasteiger partial charge in [0.1, 0.15) is 5.75 Å². The summed E-state index contributed by atoms with van der Waals surface area (Å²) >= 11 is 0. The van der Waals surface area contributed by atoms with Gasteiger partial charge in [-0.25, -0.2) is 22.7 Å². The fourth-order valence-corrected chi connectivity index (χ4v) is 3.50. The Bertz CT molecular complexity index is 1160. The van der Waals surface area contributed by atoms with Crippen LogP contribution in [-0.4, -0.2) is 54.1 Å². The van der Waals surface area contributed by atoms with Gasteiger partial charge in [-0.05, 0) is 32.0 Å². The Kier molecular flexibility index (Phi) is 5.69. The van der Waals surface area contributed by atoms with Crippen LogP contribution in [0.2, 0.25) is 0 Å². The van der Waals surface area contributed by atoms with Gasteiger partial charge in [-0.2, -0.15) is 5.10 Å². The Balaban J connectivity index is 2.11. The fraction of sp³-hybridized carbons (Fsp3) is 0.333. The van der Waals surface area contributed by atoms with Crippen molar-refractivity contribution in [3.63, 3.8) is 0 Å². The predicted molar refractivity (Wildman–Crippen MR) is 104 cm³/mol. The lowest BCUT2D eigenvalue weighted by atomic mass is 10.1. The molecule has 3 rings (SSSR count). The van der Waals surface area contributed by atoms with Crippen LogP contribution >= 0.6 is 0 Å². The summed E-state index contributed by atoms with van der Waals surface area (Å²) in [6.07, 6.45) is 3.50. The van der Waals surface area contributed by atoms with Gasteiger partial charge in [0.25, 0.3) is 0 Å². The second-order valence-electron chi connectivity index (χ2n) is 6.26. The highest BCUT2D eigenvalue weighted by Gasteiger charge is 2.20. The summed E-state index contributed by atoms with van der Waals surface area (Å²) in [5.74, 6) is 0.410. The zero-order valence-corrected chi connectivity index (χ0v) is 17.2. The molecule has 0 saturated heterocycles. The third kappa shape index (κ3) is 4.29. The van der Waals surface area contributed by atoms with Crippen molar-refractivity contribution < 1.29 is 22.7 Å². The number of pyridine rings is 1. The van der Waals surface area contributed by atoms with E-state index in [1.807, 2.05) is 0 Å². The molecule has 29 heavy (non-hydrogen) atoms. The average molecular weight is 419 g/mol. The van der Waals surface area contributed by atoms with Crippen LogP contribution in [-0.2, 0) is 14.6 Å². The van der Waals surface area contributed by atoms with Crippen molar-refractivity contribution in [3.8, 4) is 17.0 Å². The zero-order valence-electron chi connectivity index (χ0n) is 16.4. The van der Waals surface area contributed by atoms with Crippen molar-refractivity contribution in [1.82, 2.24) is 24.9 Å². The molecule has 3 heterocycles. The number of carbonyl (C=O) groups excluding carboxylic acids is 1. The molecular weight excluding hydrogens is 398 g/mol. The van der Waals surface area contributed by atoms with Crippen molar-refractivity contribution >= 4 is 21.4 Å². The zero-order chi connectivity index (χ0) is 21.2. The SMILES string of the molecule is CCOC(=O)NC(C)c1cc(-c2cc3ccnn3c(S(C)(=O)=O)n2)c(OC)cn1. The van der Waals surface area contributed by atoms with Gasteiger partial charge in [-0.15, -0.1) is 0 Å². The Morgan fingerprint density at radius 2 is 2.10 bits per heavy atom. The van der Waals surface area contributed by atoms with Crippen LogP contribution in [0.15, 0.2) is 35.7 Å². The first-order valence-electron chi connectivity index (χ1n) is 8.77. The average Bonchev–Trinajstić information content (AvgIpc) is 3.14. The van der Waals surface area contributed by atoms with Crippen molar-refractivity contribution in [2.24, 2.45) is 0 Å². The van der Waals surface area contributed by atoms with E-state index >= 15 is 0 Å². The predicted octanol–water partition coefficient (Wildman–Crippen LogP) is 2.01. The van der Waals surface area contributed by atoms with Gasteiger partial charge < -0.3 is 14.8 Å². The highest BCUT2D eigenvalue weighted by atomic mass is 32.2. The minimum atomic E-state index is -3.64. The Labute approximate surface area is 167 Å². The first kappa shape index (κ1) is 20.5. The molecule has 1 unspecified atom stereocenters. The highest BCUT2D eigenvalue weighted by molar-refractivity contribution is 7.90. The number of nitrogens with one attached hydrogen (secondary N) is 1. The van der Waals surface area contributed by atoms with Crippen LogP contribution in [0.4, 0.5) is 4.79 Å². The van der Waals surface area contributed by atoms with Gasteiger partial charge in [0.05, 0.1) is 49.1 Å². The number of aromatic nitrogens is 4. The highest BCUT2D eigenvalue weighted by Crippen LogP contribution is 2.31. The maximum absolute atomic E-state index is 12.2. The summed E-state index contributed by atoms with van der Waals surface area (Å²) in [4.78, 5) is 20.3. The molecule has 1 N–H and O–H groups in total. The summed E-state index contributed by atoms with van der Waals surface area (Å²) < 4.78 is 36.0. The van der Waals surface area contributed by atoms with Crippen LogP contribution in [0, 0.1) is 0 Å². The van der Waals surface area contributed by atoms with Crippen LogP contribution < -0.4 is 10.1 Å². The van der Waals surface area contributed by atoms with E-state index in [4.69, 9.17) is 9.47 Å². The van der Waals surface area contributed by atoms with Gasteiger partial charge in [0.2, 0.25) is 15.0 Å². The maximum Gasteiger partial charge on any atom is 0.407 e. The molecule has 0 fully saturated rings. The number of alkyl carbamates (subject to hydrolysis) is 1. The van der Waals surface area contributed by atoms with E-state index in [1.165, 1.54) is 24.0 Å². The normalized spacial score (nSPS) is 12.6. The second kappa shape index (κ2) is 8.03. The largest absolute Gasteiger partial charge is 0.494 e. The lowest BCUT2D eigenvalue weighted by molar-refractivity contribution is 0.148. The second-order valence-corrected chi connectivity index (χ2v) is 8.17. The van der Waals surface area contributed by atoms with E-state index in [0.717, 1.165) is 6.26 Å². The Morgan fingerprint density at radius 3 is 2.76 bits per heavy atom. The summed E-state index contributed by atoms with van der Waals surface area (Å²) in [6.45, 7) is 3.72. The molecule has 1 atom stereocenters. The number of nitrogens with zero attached hydrogens (tertiary/aromatic N) is 4. The van der Waals surface area contributed by atoms with Gasteiger partial charge >= 0.3 is 6.09 Å². The molecule has 0 aliphatic heterocycles. The van der Waals surface area contributed by atoms with E-state index in [0.29, 0.717) is 28.2 Å². The fourth-order valence-electron chi connectivity index (χ4n) is 2.77. The van der Waals surface area contributed by atoms with E-state index < -0.39 is 22.0 Å². The van der Waals surface area contributed by atoms with Gasteiger partial charge in [-0.1, -0.05) is 0 Å². The minimum absolute atomic E-state index is 0.187. The summed E-state index contributed by atoms with van der Waals surface area (Å²) in [7, 11) is -2.16. The molecule has 3 aromatic rings. The number of rotatable bonds is 6. The monoisotopic (exact) mass is 419 g/mol. The van der Waals surface area contributed by atoms with E-state index in [-0.39, 0.29) is 11.8 Å². The van der Waals surface area contributed by atoms with Crippen molar-refractivity contribution in [2.45, 2.75) is 25.0 Å². The summed E-state index contributed by atoms with van der Waals surface area (Å²) in [5, 5.41) is 6.52. The lowest BCUT2D eigenvalue weighted by Gasteiger charge is -2.16.